The van der Waals surface area contributed by atoms with Crippen molar-refractivity contribution in [3.05, 3.63) is 0 Å². The summed E-state index contributed by atoms with van der Waals surface area (Å²) in [5, 5.41) is 7.00. The average Bonchev–Trinajstić information content (AvgIpc) is 3.04. The molecule has 1 saturated carbocycles. The Morgan fingerprint density at radius 3 is 1.82 bits per heavy atom. The van der Waals surface area contributed by atoms with Gasteiger partial charge in [-0.2, -0.15) is 0 Å². The molecule has 3 heteroatoms. The van der Waals surface area contributed by atoms with Crippen molar-refractivity contribution in [3.8, 4) is 0 Å². The van der Waals surface area contributed by atoms with Gasteiger partial charge >= 0.3 is 0 Å². The van der Waals surface area contributed by atoms with Gasteiger partial charge in [0.15, 0.2) is 0 Å². The highest BCUT2D eigenvalue weighted by Crippen LogP contribution is 2.26. The Morgan fingerprint density at radius 1 is 1.24 bits per heavy atom. The zero-order valence-corrected chi connectivity index (χ0v) is 12.4. The monoisotopic (exact) mass is 246 g/mol. The molecule has 0 aromatic carbocycles. The maximum atomic E-state index is 7.00. The minimum absolute atomic E-state index is 0. The zero-order chi connectivity index (χ0) is 13.5. The van der Waals surface area contributed by atoms with E-state index in [-0.39, 0.29) is 6.97 Å². The third kappa shape index (κ3) is 8.58. The van der Waals surface area contributed by atoms with Gasteiger partial charge in [-0.15, -0.1) is 0 Å². The highest BCUT2D eigenvalue weighted by Gasteiger charge is 2.26. The van der Waals surface area contributed by atoms with E-state index in [9.17, 15) is 0 Å². The number of piperidine rings is 1. The normalized spacial score (nSPS) is 23.3. The lowest BCUT2D eigenvalue weighted by atomic mass is 9.90. The molecule has 0 unspecified atom stereocenters. The van der Waals surface area contributed by atoms with Crippen LogP contribution in [0, 0.1) is 5.92 Å². The fourth-order valence-corrected chi connectivity index (χ4v) is 1.72. The quantitative estimate of drug-likeness (QED) is 0.747. The SMILES string of the molecule is CC(C)N1CCC(C)(N)CC1.CC1CC1.CO.[HH]. The van der Waals surface area contributed by atoms with E-state index in [0.717, 1.165) is 25.9 Å². The predicted molar refractivity (Wildman–Crippen MR) is 77.2 cm³/mol. The number of hydrogen-bond acceptors (Lipinski definition) is 3. The van der Waals surface area contributed by atoms with Crippen LogP contribution in [0.1, 0.15) is 54.8 Å². The molecule has 0 spiro atoms. The van der Waals surface area contributed by atoms with Gasteiger partial charge in [0.25, 0.3) is 0 Å². The second-order valence-electron chi connectivity index (χ2n) is 5.97. The maximum Gasteiger partial charge on any atom is 0.0319 e. The van der Waals surface area contributed by atoms with Crippen LogP contribution in [-0.4, -0.2) is 41.8 Å². The first-order chi connectivity index (χ1) is 7.91. The van der Waals surface area contributed by atoms with Crippen LogP contribution < -0.4 is 5.73 Å². The smallest absolute Gasteiger partial charge is 0.0319 e. The van der Waals surface area contributed by atoms with Crippen molar-refractivity contribution in [2.75, 3.05) is 20.2 Å². The molecule has 3 N–H and O–H groups in total. The van der Waals surface area contributed by atoms with E-state index in [0.29, 0.717) is 6.04 Å². The molecule has 17 heavy (non-hydrogen) atoms. The molecule has 0 aromatic rings. The molecule has 0 amide bonds. The van der Waals surface area contributed by atoms with Crippen molar-refractivity contribution in [1.82, 2.24) is 4.90 Å². The molecular formula is C14H34N2O. The fraction of sp³-hybridized carbons (Fsp3) is 1.00. The molecule has 2 fully saturated rings. The summed E-state index contributed by atoms with van der Waals surface area (Å²) in [6, 6.07) is 0.686. The van der Waals surface area contributed by atoms with Crippen molar-refractivity contribution in [2.45, 2.75) is 65.0 Å². The minimum Gasteiger partial charge on any atom is -0.400 e. The molecule has 1 saturated heterocycles. The minimum atomic E-state index is 0. The number of rotatable bonds is 1. The Kier molecular flexibility index (Phi) is 8.01. The van der Waals surface area contributed by atoms with Crippen LogP contribution in [0.5, 0.6) is 0 Å². The molecule has 1 aliphatic heterocycles. The van der Waals surface area contributed by atoms with Gasteiger partial charge in [0, 0.05) is 33.2 Å². The third-order valence-corrected chi connectivity index (χ3v) is 3.54. The van der Waals surface area contributed by atoms with Gasteiger partial charge < -0.3 is 15.7 Å². The van der Waals surface area contributed by atoms with E-state index < -0.39 is 0 Å². The molecule has 0 bridgehead atoms. The number of aliphatic hydroxyl groups is 1. The molecule has 0 radical (unpaired) electrons. The van der Waals surface area contributed by atoms with Gasteiger partial charge in [0.1, 0.15) is 0 Å². The summed E-state index contributed by atoms with van der Waals surface area (Å²) in [6.45, 7) is 11.3. The first kappa shape index (κ1) is 16.9. The molecule has 106 valence electrons. The van der Waals surface area contributed by atoms with Gasteiger partial charge in [-0.25, -0.2) is 0 Å². The third-order valence-electron chi connectivity index (χ3n) is 3.54. The highest BCUT2D eigenvalue weighted by molar-refractivity contribution is 4.86. The molecule has 0 aromatic heterocycles. The standard InChI is InChI=1S/C9H20N2.C4H8.CH4O.H2/c1-8(2)11-6-4-9(3,10)5-7-11;1-4-2-3-4;1-2;/h8H,4-7,10H2,1-3H3;4H,2-3H2,1H3;2H,1H3;1H. The molecular weight excluding hydrogens is 212 g/mol. The number of nitrogens with two attached hydrogens (primary N) is 1. The Labute approximate surface area is 109 Å². The number of likely N-dealkylation sites (tertiary alicyclic amines) is 1. The highest BCUT2D eigenvalue weighted by atomic mass is 16.2. The van der Waals surface area contributed by atoms with Crippen LogP contribution in [-0.2, 0) is 0 Å². The molecule has 0 atom stereocenters. The lowest BCUT2D eigenvalue weighted by molar-refractivity contribution is 0.140. The Bertz CT molecular complexity index is 184. The Morgan fingerprint density at radius 2 is 1.59 bits per heavy atom. The van der Waals surface area contributed by atoms with Crippen molar-refractivity contribution < 1.29 is 6.53 Å². The van der Waals surface area contributed by atoms with Gasteiger partial charge in [-0.1, -0.05) is 19.8 Å². The number of aliphatic hydroxyl groups excluding tert-OH is 1. The summed E-state index contributed by atoms with van der Waals surface area (Å²) < 4.78 is 0. The summed E-state index contributed by atoms with van der Waals surface area (Å²) in [6.07, 6.45) is 5.26. The van der Waals surface area contributed by atoms with Crippen molar-refractivity contribution >= 4 is 0 Å². The van der Waals surface area contributed by atoms with Crippen LogP contribution in [0.3, 0.4) is 0 Å². The second-order valence-corrected chi connectivity index (χ2v) is 5.97. The fourth-order valence-electron chi connectivity index (χ4n) is 1.72. The van der Waals surface area contributed by atoms with Gasteiger partial charge in [0.2, 0.25) is 0 Å². The molecule has 1 heterocycles. The van der Waals surface area contributed by atoms with E-state index >= 15 is 0 Å². The Balaban J connectivity index is 0. The van der Waals surface area contributed by atoms with E-state index in [1.807, 2.05) is 0 Å². The maximum absolute atomic E-state index is 7.00. The first-order valence-electron chi connectivity index (χ1n) is 6.88. The lowest BCUT2D eigenvalue weighted by Gasteiger charge is -2.38. The van der Waals surface area contributed by atoms with Crippen LogP contribution in [0.15, 0.2) is 0 Å². The van der Waals surface area contributed by atoms with Gasteiger partial charge in [-0.05, 0) is 39.5 Å². The average molecular weight is 246 g/mol. The molecule has 3 nitrogen and oxygen atoms in total. The van der Waals surface area contributed by atoms with E-state index in [2.05, 4.69) is 32.6 Å². The number of nitrogens with zero attached hydrogens (tertiary/aromatic N) is 1. The number of hydrogen-bond donors (Lipinski definition) is 2. The first-order valence-corrected chi connectivity index (χ1v) is 6.88. The summed E-state index contributed by atoms with van der Waals surface area (Å²) >= 11 is 0. The molecule has 2 aliphatic rings. The summed E-state index contributed by atoms with van der Waals surface area (Å²) in [5.41, 5.74) is 6.12. The van der Waals surface area contributed by atoms with E-state index in [1.165, 1.54) is 25.9 Å². The van der Waals surface area contributed by atoms with Crippen LogP contribution in [0.2, 0.25) is 0 Å². The largest absolute Gasteiger partial charge is 0.400 e. The van der Waals surface area contributed by atoms with Crippen molar-refractivity contribution in [2.24, 2.45) is 11.7 Å². The Hall–Kier alpha value is -0.120. The van der Waals surface area contributed by atoms with Crippen LogP contribution in [0.25, 0.3) is 0 Å². The van der Waals surface area contributed by atoms with E-state index in [1.54, 1.807) is 0 Å². The van der Waals surface area contributed by atoms with Gasteiger partial charge in [0.05, 0.1) is 0 Å². The summed E-state index contributed by atoms with van der Waals surface area (Å²) in [4.78, 5) is 2.49. The van der Waals surface area contributed by atoms with Crippen LogP contribution in [0.4, 0.5) is 0 Å². The molecule has 1 aliphatic carbocycles. The lowest BCUT2D eigenvalue weighted by Crippen LogP contribution is -2.49. The van der Waals surface area contributed by atoms with Gasteiger partial charge in [-0.3, -0.25) is 0 Å². The predicted octanol–water partition coefficient (Wildman–Crippen LogP) is 2.48. The molecule has 2 rings (SSSR count). The summed E-state index contributed by atoms with van der Waals surface area (Å²) in [7, 11) is 1.00. The topological polar surface area (TPSA) is 49.5 Å². The zero-order valence-electron chi connectivity index (χ0n) is 12.4. The van der Waals surface area contributed by atoms with E-state index in [4.69, 9.17) is 10.8 Å². The van der Waals surface area contributed by atoms with Crippen LogP contribution >= 0.6 is 0 Å². The summed E-state index contributed by atoms with van der Waals surface area (Å²) in [5.74, 6) is 1.08. The second kappa shape index (κ2) is 8.06. The van der Waals surface area contributed by atoms with Crippen molar-refractivity contribution in [3.63, 3.8) is 0 Å². The van der Waals surface area contributed by atoms with Crippen molar-refractivity contribution in [1.29, 1.82) is 0 Å².